The molecule has 0 unspecified atom stereocenters. The molecular weight excluding hydrogens is 317 g/mol. The number of nitrogens with zero attached hydrogens (tertiary/aromatic N) is 2. The summed E-state index contributed by atoms with van der Waals surface area (Å²) in [5.74, 6) is 0. The molecule has 0 radical (unpaired) electrons. The molecule has 0 amide bonds. The molecule has 2 heterocycles. The lowest BCUT2D eigenvalue weighted by molar-refractivity contribution is 0.601. The largest absolute Gasteiger partial charge is 0.265 e. The molecule has 96 valence electrons. The van der Waals surface area contributed by atoms with Gasteiger partial charge in [-0.25, -0.2) is 18.4 Å². The van der Waals surface area contributed by atoms with Crippen molar-refractivity contribution in [2.24, 2.45) is 0 Å². The molecule has 2 aromatic rings. The first-order chi connectivity index (χ1) is 8.38. The summed E-state index contributed by atoms with van der Waals surface area (Å²) in [6, 6.07) is 1.24. The standard InChI is InChI=1S/C9H7Cl2N3O2S2/c1-5-3-13-9(17-5)14-18(15,16)6-2-7(10)8(11)12-4-6/h2-4H,1H3,(H,13,14). The van der Waals surface area contributed by atoms with Crippen molar-refractivity contribution in [2.75, 3.05) is 4.72 Å². The number of aryl methyl sites for hydroxylation is 1. The fourth-order valence-electron chi connectivity index (χ4n) is 1.13. The van der Waals surface area contributed by atoms with Gasteiger partial charge in [-0.05, 0) is 13.0 Å². The zero-order valence-corrected chi connectivity index (χ0v) is 12.2. The summed E-state index contributed by atoms with van der Waals surface area (Å²) in [6.45, 7) is 1.83. The number of hydrogen-bond acceptors (Lipinski definition) is 5. The molecule has 1 N–H and O–H groups in total. The minimum absolute atomic E-state index is 0.0562. The van der Waals surface area contributed by atoms with Crippen LogP contribution in [0.2, 0.25) is 10.2 Å². The Bertz CT molecular complexity index is 685. The van der Waals surface area contributed by atoms with E-state index in [4.69, 9.17) is 23.2 Å². The Labute approximate surface area is 118 Å². The summed E-state index contributed by atoms with van der Waals surface area (Å²) in [5.41, 5.74) is 0. The summed E-state index contributed by atoms with van der Waals surface area (Å²) < 4.78 is 26.3. The maximum atomic E-state index is 12.0. The summed E-state index contributed by atoms with van der Waals surface area (Å²) in [5, 5.41) is 0.425. The first kappa shape index (κ1) is 13.5. The van der Waals surface area contributed by atoms with Gasteiger partial charge in [-0.1, -0.05) is 23.2 Å². The van der Waals surface area contributed by atoms with Crippen molar-refractivity contribution in [3.8, 4) is 0 Å². The number of rotatable bonds is 3. The molecule has 0 aromatic carbocycles. The third-order valence-corrected chi connectivity index (χ3v) is 4.87. The van der Waals surface area contributed by atoms with Crippen molar-refractivity contribution in [1.82, 2.24) is 9.97 Å². The molecule has 18 heavy (non-hydrogen) atoms. The second-order valence-electron chi connectivity index (χ2n) is 3.33. The van der Waals surface area contributed by atoms with Crippen LogP contribution in [0.1, 0.15) is 4.88 Å². The van der Waals surface area contributed by atoms with Crippen LogP contribution in [0, 0.1) is 6.92 Å². The van der Waals surface area contributed by atoms with Crippen LogP contribution < -0.4 is 4.72 Å². The minimum atomic E-state index is -3.75. The highest BCUT2D eigenvalue weighted by molar-refractivity contribution is 7.93. The van der Waals surface area contributed by atoms with Crippen molar-refractivity contribution in [3.63, 3.8) is 0 Å². The van der Waals surface area contributed by atoms with Gasteiger partial charge in [0.25, 0.3) is 10.0 Å². The van der Waals surface area contributed by atoms with Crippen LogP contribution in [-0.4, -0.2) is 18.4 Å². The van der Waals surface area contributed by atoms with Crippen LogP contribution in [0.25, 0.3) is 0 Å². The summed E-state index contributed by atoms with van der Waals surface area (Å²) in [4.78, 5) is 8.44. The van der Waals surface area contributed by atoms with E-state index >= 15 is 0 Å². The Morgan fingerprint density at radius 2 is 2.00 bits per heavy atom. The van der Waals surface area contributed by atoms with Gasteiger partial charge in [0.2, 0.25) is 0 Å². The van der Waals surface area contributed by atoms with Gasteiger partial charge in [0.05, 0.1) is 5.02 Å². The maximum absolute atomic E-state index is 12.0. The number of halogens is 2. The van der Waals surface area contributed by atoms with Gasteiger partial charge in [-0.3, -0.25) is 4.72 Å². The highest BCUT2D eigenvalue weighted by atomic mass is 35.5. The van der Waals surface area contributed by atoms with E-state index < -0.39 is 10.0 Å². The first-order valence-electron chi connectivity index (χ1n) is 4.65. The number of pyridine rings is 1. The molecule has 0 bridgehead atoms. The molecule has 0 atom stereocenters. The van der Waals surface area contributed by atoms with Crippen molar-refractivity contribution in [2.45, 2.75) is 11.8 Å². The quantitative estimate of drug-likeness (QED) is 0.881. The SMILES string of the molecule is Cc1cnc(NS(=O)(=O)c2cnc(Cl)c(Cl)c2)s1. The highest BCUT2D eigenvalue weighted by Crippen LogP contribution is 2.25. The lowest BCUT2D eigenvalue weighted by atomic mass is 10.5. The van der Waals surface area contributed by atoms with Gasteiger partial charge in [0.15, 0.2) is 5.13 Å². The number of nitrogens with one attached hydrogen (secondary N) is 1. The Morgan fingerprint density at radius 3 is 2.56 bits per heavy atom. The number of hydrogen-bond donors (Lipinski definition) is 1. The Morgan fingerprint density at radius 1 is 1.28 bits per heavy atom. The Hall–Kier alpha value is -0.890. The minimum Gasteiger partial charge on any atom is -0.255 e. The van der Waals surface area contributed by atoms with Crippen LogP contribution in [0.5, 0.6) is 0 Å². The van der Waals surface area contributed by atoms with Gasteiger partial charge in [0, 0.05) is 17.3 Å². The van der Waals surface area contributed by atoms with E-state index in [0.717, 1.165) is 11.1 Å². The summed E-state index contributed by atoms with van der Waals surface area (Å²) in [6.07, 6.45) is 2.71. The van der Waals surface area contributed by atoms with Gasteiger partial charge in [-0.15, -0.1) is 11.3 Å². The molecule has 0 aliphatic carbocycles. The molecule has 0 saturated heterocycles. The molecule has 2 rings (SSSR count). The van der Waals surface area contributed by atoms with Gasteiger partial charge in [0.1, 0.15) is 10.0 Å². The van der Waals surface area contributed by atoms with Gasteiger partial charge >= 0.3 is 0 Å². The fourth-order valence-corrected chi connectivity index (χ4v) is 3.34. The predicted molar refractivity (Wildman–Crippen MR) is 71.9 cm³/mol. The maximum Gasteiger partial charge on any atom is 0.265 e. The average molecular weight is 324 g/mol. The normalized spacial score (nSPS) is 11.5. The van der Waals surface area contributed by atoms with Crippen molar-refractivity contribution in [1.29, 1.82) is 0 Å². The molecule has 0 aliphatic heterocycles. The average Bonchev–Trinajstić information content (AvgIpc) is 2.67. The Balaban J connectivity index is 2.33. The molecular formula is C9H7Cl2N3O2S2. The zero-order chi connectivity index (χ0) is 13.3. The van der Waals surface area contributed by atoms with Crippen LogP contribution in [0.3, 0.4) is 0 Å². The second kappa shape index (κ2) is 5.00. The fraction of sp³-hybridized carbons (Fsp3) is 0.111. The van der Waals surface area contributed by atoms with Crippen LogP contribution >= 0.6 is 34.5 Å². The van der Waals surface area contributed by atoms with E-state index in [-0.39, 0.29) is 15.1 Å². The Kier molecular flexibility index (Phi) is 3.76. The van der Waals surface area contributed by atoms with E-state index in [2.05, 4.69) is 14.7 Å². The van der Waals surface area contributed by atoms with E-state index in [1.165, 1.54) is 17.4 Å². The number of sulfonamides is 1. The number of aromatic nitrogens is 2. The summed E-state index contributed by atoms with van der Waals surface area (Å²) in [7, 11) is -3.75. The van der Waals surface area contributed by atoms with Gasteiger partial charge in [-0.2, -0.15) is 0 Å². The van der Waals surface area contributed by atoms with Crippen molar-refractivity contribution < 1.29 is 8.42 Å². The number of anilines is 1. The molecule has 9 heteroatoms. The van der Waals surface area contributed by atoms with Crippen molar-refractivity contribution >= 4 is 49.7 Å². The second-order valence-corrected chi connectivity index (χ2v) is 7.01. The molecule has 0 aliphatic rings. The number of thiazole rings is 1. The summed E-state index contributed by atoms with van der Waals surface area (Å²) >= 11 is 12.6. The van der Waals surface area contributed by atoms with Crippen LogP contribution in [0.4, 0.5) is 5.13 Å². The van der Waals surface area contributed by atoms with Gasteiger partial charge < -0.3 is 0 Å². The van der Waals surface area contributed by atoms with E-state index in [1.54, 1.807) is 6.20 Å². The third kappa shape index (κ3) is 2.92. The lowest BCUT2D eigenvalue weighted by Crippen LogP contribution is -2.13. The topological polar surface area (TPSA) is 72.0 Å². The van der Waals surface area contributed by atoms with E-state index in [0.29, 0.717) is 5.13 Å². The first-order valence-corrected chi connectivity index (χ1v) is 7.70. The highest BCUT2D eigenvalue weighted by Gasteiger charge is 2.17. The van der Waals surface area contributed by atoms with Crippen LogP contribution in [0.15, 0.2) is 23.4 Å². The predicted octanol–water partition coefficient (Wildman–Crippen LogP) is 2.95. The van der Waals surface area contributed by atoms with E-state index in [1.807, 2.05) is 6.92 Å². The van der Waals surface area contributed by atoms with E-state index in [9.17, 15) is 8.42 Å². The monoisotopic (exact) mass is 323 g/mol. The zero-order valence-electron chi connectivity index (χ0n) is 9.02. The lowest BCUT2D eigenvalue weighted by Gasteiger charge is -2.05. The third-order valence-electron chi connectivity index (χ3n) is 1.92. The molecule has 0 spiro atoms. The van der Waals surface area contributed by atoms with Crippen molar-refractivity contribution in [3.05, 3.63) is 33.5 Å². The molecule has 2 aromatic heterocycles. The smallest absolute Gasteiger partial charge is 0.255 e. The van der Waals surface area contributed by atoms with Crippen LogP contribution in [-0.2, 0) is 10.0 Å². The molecule has 0 fully saturated rings. The molecule has 5 nitrogen and oxygen atoms in total. The molecule has 0 saturated carbocycles.